The van der Waals surface area contributed by atoms with E-state index < -0.39 is 12.3 Å². The Hall–Kier alpha value is -5.92. The molecule has 53 heavy (non-hydrogen) atoms. The number of hydrogen-bond acceptors (Lipinski definition) is 4. The Morgan fingerprint density at radius 1 is 0.642 bits per heavy atom. The summed E-state index contributed by atoms with van der Waals surface area (Å²) in [5.74, 6) is -0.537. The van der Waals surface area contributed by atoms with Crippen molar-refractivity contribution in [1.29, 1.82) is 0 Å². The summed E-state index contributed by atoms with van der Waals surface area (Å²) in [5, 5.41) is 7.82. The Morgan fingerprint density at radius 3 is 1.74 bits per heavy atom. The zero-order valence-corrected chi connectivity index (χ0v) is 30.1. The number of para-hydroxylation sites is 2. The topological polar surface area (TPSA) is 64.7 Å². The monoisotopic (exact) mass is 720 g/mol. The van der Waals surface area contributed by atoms with Gasteiger partial charge in [-0.3, -0.25) is 19.4 Å². The van der Waals surface area contributed by atoms with E-state index >= 15 is 0 Å². The van der Waals surface area contributed by atoms with E-state index in [0.717, 1.165) is 57.7 Å². The molecule has 264 valence electrons. The van der Waals surface area contributed by atoms with Crippen LogP contribution in [0.2, 0.25) is 5.02 Å². The van der Waals surface area contributed by atoms with E-state index in [9.17, 15) is 14.0 Å². The number of nitrogens with zero attached hydrogens (tertiary/aromatic N) is 2. The largest absolute Gasteiger partial charge is 0.360 e. The molecule has 2 aliphatic heterocycles. The molecule has 8 heteroatoms. The maximum atomic E-state index is 14.1. The molecule has 2 amide bonds. The molecule has 0 saturated carbocycles. The summed E-state index contributed by atoms with van der Waals surface area (Å²) in [6.07, 6.45) is 0.909. The van der Waals surface area contributed by atoms with E-state index in [1.165, 1.54) is 12.1 Å². The van der Waals surface area contributed by atoms with Crippen molar-refractivity contribution in [3.05, 3.63) is 189 Å². The molecule has 3 unspecified atom stereocenters. The van der Waals surface area contributed by atoms with Gasteiger partial charge in [0.15, 0.2) is 0 Å². The van der Waals surface area contributed by atoms with Crippen molar-refractivity contribution in [2.45, 2.75) is 44.9 Å². The molecule has 6 aromatic rings. The highest BCUT2D eigenvalue weighted by atomic mass is 35.5. The maximum Gasteiger partial charge on any atom is 0.262 e. The minimum atomic E-state index is -0.517. The van der Waals surface area contributed by atoms with E-state index in [0.29, 0.717) is 21.8 Å². The van der Waals surface area contributed by atoms with Crippen LogP contribution in [0.15, 0.2) is 140 Å². The second-order valence-electron chi connectivity index (χ2n) is 13.7. The van der Waals surface area contributed by atoms with Crippen LogP contribution in [-0.2, 0) is 0 Å². The molecule has 0 radical (unpaired) electrons. The number of nitrogens with one attached hydrogen (secondary N) is 2. The lowest BCUT2D eigenvalue weighted by atomic mass is 9.85. The first-order valence-corrected chi connectivity index (χ1v) is 18.3. The van der Waals surface area contributed by atoms with Gasteiger partial charge in [-0.1, -0.05) is 97.2 Å². The third-order valence-electron chi connectivity index (χ3n) is 10.1. The summed E-state index contributed by atoms with van der Waals surface area (Å²) in [5.41, 5.74) is 9.28. The fourth-order valence-electron chi connectivity index (χ4n) is 7.64. The fourth-order valence-corrected chi connectivity index (χ4v) is 7.76. The van der Waals surface area contributed by atoms with Crippen LogP contribution in [0.4, 0.5) is 27.1 Å². The second-order valence-corrected chi connectivity index (χ2v) is 14.1. The van der Waals surface area contributed by atoms with Crippen LogP contribution in [-0.4, -0.2) is 11.8 Å². The summed E-state index contributed by atoms with van der Waals surface area (Å²) in [6.45, 7) is 4.25. The van der Waals surface area contributed by atoms with Crippen LogP contribution in [0, 0.1) is 12.7 Å². The zero-order chi connectivity index (χ0) is 36.6. The van der Waals surface area contributed by atoms with Gasteiger partial charge in [0.2, 0.25) is 0 Å². The lowest BCUT2D eigenvalue weighted by Crippen LogP contribution is -2.43. The first-order chi connectivity index (χ1) is 25.8. The molecule has 0 fully saturated rings. The van der Waals surface area contributed by atoms with Crippen molar-refractivity contribution in [1.82, 2.24) is 0 Å². The molecule has 0 spiro atoms. The maximum absolute atomic E-state index is 14.1. The molecule has 8 rings (SSSR count). The Bertz CT molecular complexity index is 2310. The van der Waals surface area contributed by atoms with Gasteiger partial charge in [0.25, 0.3) is 11.8 Å². The minimum Gasteiger partial charge on any atom is -0.360 e. The average Bonchev–Trinajstić information content (AvgIpc) is 3.17. The molecule has 6 nitrogen and oxygen atoms in total. The highest BCUT2D eigenvalue weighted by molar-refractivity contribution is 6.30. The van der Waals surface area contributed by atoms with Gasteiger partial charge in [-0.25, -0.2) is 4.39 Å². The van der Waals surface area contributed by atoms with E-state index in [4.69, 9.17) is 11.6 Å². The predicted molar refractivity (Wildman–Crippen MR) is 211 cm³/mol. The molecule has 0 bridgehead atoms. The zero-order valence-electron chi connectivity index (χ0n) is 29.4. The summed E-state index contributed by atoms with van der Waals surface area (Å²) < 4.78 is 14.0. The summed E-state index contributed by atoms with van der Waals surface area (Å²) >= 11 is 6.23. The molecule has 2 N–H and O–H groups in total. The lowest BCUT2D eigenvalue weighted by Gasteiger charge is -2.38. The van der Waals surface area contributed by atoms with Crippen LogP contribution in [0.5, 0.6) is 0 Å². The fraction of sp³-hybridized carbons (Fsp3) is 0.156. The predicted octanol–water partition coefficient (Wildman–Crippen LogP) is 11.3. The van der Waals surface area contributed by atoms with Gasteiger partial charge in [0.1, 0.15) is 18.1 Å². The Morgan fingerprint density at radius 2 is 1.17 bits per heavy atom. The average molecular weight is 721 g/mol. The molecular formula is C45H38ClFN4O2. The second kappa shape index (κ2) is 14.2. The van der Waals surface area contributed by atoms with Crippen LogP contribution in [0.1, 0.15) is 86.5 Å². The molecule has 0 aromatic heterocycles. The normalized spacial score (nSPS) is 17.1. The van der Waals surface area contributed by atoms with E-state index in [1.54, 1.807) is 17.0 Å². The van der Waals surface area contributed by atoms with Crippen molar-refractivity contribution >= 4 is 46.2 Å². The van der Waals surface area contributed by atoms with Gasteiger partial charge < -0.3 is 10.6 Å². The molecule has 6 aromatic carbocycles. The van der Waals surface area contributed by atoms with E-state index in [-0.39, 0.29) is 23.5 Å². The van der Waals surface area contributed by atoms with Gasteiger partial charge >= 0.3 is 0 Å². The molecule has 2 heterocycles. The van der Waals surface area contributed by atoms with Crippen molar-refractivity contribution < 1.29 is 14.0 Å². The third kappa shape index (κ3) is 6.53. The van der Waals surface area contributed by atoms with Crippen molar-refractivity contribution in [2.75, 3.05) is 20.4 Å². The van der Waals surface area contributed by atoms with Crippen LogP contribution in [0.25, 0.3) is 0 Å². The number of carbonyl (C=O) groups is 2. The number of halogens is 2. The van der Waals surface area contributed by atoms with E-state index in [1.807, 2.05) is 89.8 Å². The van der Waals surface area contributed by atoms with Crippen LogP contribution in [0.3, 0.4) is 0 Å². The summed E-state index contributed by atoms with van der Waals surface area (Å²) in [4.78, 5) is 31.7. The molecule has 2 aliphatic rings. The number of hydrogen-bond donors (Lipinski definition) is 2. The van der Waals surface area contributed by atoms with Crippen molar-refractivity contribution in [3.8, 4) is 0 Å². The van der Waals surface area contributed by atoms with Gasteiger partial charge in [-0.15, -0.1) is 0 Å². The Kier molecular flexibility index (Phi) is 9.19. The highest BCUT2D eigenvalue weighted by Gasteiger charge is 2.36. The molecule has 0 saturated heterocycles. The summed E-state index contributed by atoms with van der Waals surface area (Å²) in [7, 11) is 0. The quantitative estimate of drug-likeness (QED) is 0.164. The highest BCUT2D eigenvalue weighted by Crippen LogP contribution is 2.41. The van der Waals surface area contributed by atoms with Gasteiger partial charge in [-0.05, 0) is 108 Å². The minimum absolute atomic E-state index is 0.0570. The number of carbonyl (C=O) groups excluding carboxylic acids is 2. The van der Waals surface area contributed by atoms with Gasteiger partial charge in [0.05, 0.1) is 11.1 Å². The SMILES string of the molecule is CCCC(c1ccc(N2C(=O)c3ccccc3NC2c2ccc(Cl)cc2)cc1)c1cc(C)cc(C2Nc3ccccc3C(=O)N2c2ccc(F)cc2)c1. The number of rotatable bonds is 8. The standard InChI is InChI=1S/C45H38ClFN4O2/c1-3-8-37(29-15-21-35(22-16-29)50-42(30-13-17-33(46)18-14-30)48-40-11-6-4-9-38(40)44(50)52)31-25-28(2)26-32(27-31)43-49-41-12-7-5-10-39(41)45(53)51(43)36-23-19-34(47)20-24-36/h4-7,9-27,37,42-43,48-49H,3,8H2,1-2H3. The van der Waals surface area contributed by atoms with Crippen LogP contribution >= 0.6 is 11.6 Å². The van der Waals surface area contributed by atoms with Gasteiger partial charge in [0, 0.05) is 33.7 Å². The first kappa shape index (κ1) is 34.2. The number of aryl methyl sites for hydroxylation is 1. The van der Waals surface area contributed by atoms with Crippen molar-refractivity contribution in [2.24, 2.45) is 0 Å². The number of anilines is 4. The smallest absolute Gasteiger partial charge is 0.262 e. The summed E-state index contributed by atoms with van der Waals surface area (Å²) in [6, 6.07) is 43.5. The van der Waals surface area contributed by atoms with E-state index in [2.05, 4.69) is 54.8 Å². The number of amides is 2. The number of benzene rings is 6. The first-order valence-electron chi connectivity index (χ1n) is 17.9. The lowest BCUT2D eigenvalue weighted by molar-refractivity contribution is 0.0967. The molecule has 0 aliphatic carbocycles. The third-order valence-corrected chi connectivity index (χ3v) is 10.4. The van der Waals surface area contributed by atoms with Crippen molar-refractivity contribution in [3.63, 3.8) is 0 Å². The van der Waals surface area contributed by atoms with Gasteiger partial charge in [-0.2, -0.15) is 0 Å². The Labute approximate surface area is 313 Å². The molecular weight excluding hydrogens is 683 g/mol. The molecule has 3 atom stereocenters. The number of fused-ring (bicyclic) bond motifs is 2. The van der Waals surface area contributed by atoms with Crippen LogP contribution < -0.4 is 20.4 Å². The Balaban J connectivity index is 1.16.